The first-order chi connectivity index (χ1) is 11.7. The Labute approximate surface area is 148 Å². The van der Waals surface area contributed by atoms with Gasteiger partial charge in [-0.15, -0.1) is 0 Å². The fourth-order valence-electron chi connectivity index (χ4n) is 2.09. The van der Waals surface area contributed by atoms with Crippen LogP contribution in [-0.4, -0.2) is 14.0 Å². The first-order valence-electron chi connectivity index (χ1n) is 6.80. The van der Waals surface area contributed by atoms with E-state index in [9.17, 15) is 22.8 Å². The van der Waals surface area contributed by atoms with Crippen molar-refractivity contribution in [2.45, 2.75) is 6.18 Å². The van der Waals surface area contributed by atoms with Crippen molar-refractivity contribution in [1.82, 2.24) is 4.37 Å². The standard InChI is InChI=1S/C16H9ClF3NO3S/c17-12-7-10(16(18,19)20)3-6-13(12)24-11-4-1-9(2-5-11)14-8-15(22)21-25(14)23/h1-8H,(H,21,22). The number of nitrogens with zero attached hydrogens (tertiary/aromatic N) is 1. The van der Waals surface area contributed by atoms with Gasteiger partial charge in [-0.1, -0.05) is 11.6 Å². The maximum Gasteiger partial charge on any atom is 0.416 e. The Morgan fingerprint density at radius 1 is 1.08 bits per heavy atom. The van der Waals surface area contributed by atoms with Crippen LogP contribution in [0.5, 0.6) is 17.4 Å². The van der Waals surface area contributed by atoms with Crippen molar-refractivity contribution in [3.63, 3.8) is 0 Å². The number of rotatable bonds is 3. The van der Waals surface area contributed by atoms with E-state index in [1.807, 2.05) is 0 Å². The summed E-state index contributed by atoms with van der Waals surface area (Å²) in [5.74, 6) is 0.0946. The molecular formula is C16H9ClF3NO3S. The molecule has 0 aliphatic heterocycles. The van der Waals surface area contributed by atoms with E-state index >= 15 is 0 Å². The van der Waals surface area contributed by atoms with Gasteiger partial charge in [-0.2, -0.15) is 13.2 Å². The van der Waals surface area contributed by atoms with Gasteiger partial charge in [0.05, 0.1) is 27.6 Å². The van der Waals surface area contributed by atoms with E-state index in [1.54, 1.807) is 12.1 Å². The quantitative estimate of drug-likeness (QED) is 0.590. The maximum atomic E-state index is 12.6. The van der Waals surface area contributed by atoms with Crippen LogP contribution in [0, 0.1) is 0 Å². The molecule has 1 aromatic heterocycles. The van der Waals surface area contributed by atoms with Crippen LogP contribution in [0.1, 0.15) is 5.56 Å². The maximum absolute atomic E-state index is 12.6. The summed E-state index contributed by atoms with van der Waals surface area (Å²) in [6, 6.07) is 10.3. The van der Waals surface area contributed by atoms with E-state index in [2.05, 4.69) is 4.37 Å². The third-order valence-corrected chi connectivity index (χ3v) is 4.63. The molecule has 0 saturated heterocycles. The van der Waals surface area contributed by atoms with Gasteiger partial charge < -0.3 is 14.4 Å². The highest BCUT2D eigenvalue weighted by atomic mass is 35.5. The van der Waals surface area contributed by atoms with E-state index in [4.69, 9.17) is 16.3 Å². The second-order valence-corrected chi connectivity index (χ2v) is 6.50. The molecule has 1 atom stereocenters. The van der Waals surface area contributed by atoms with Gasteiger partial charge in [0.2, 0.25) is 4.88 Å². The smallest absolute Gasteiger partial charge is 0.416 e. The summed E-state index contributed by atoms with van der Waals surface area (Å²) < 4.78 is 58.5. The molecule has 0 aliphatic rings. The van der Waals surface area contributed by atoms with Gasteiger partial charge in [0.1, 0.15) is 11.5 Å². The number of halogens is 4. The van der Waals surface area contributed by atoms with Gasteiger partial charge in [-0.3, -0.25) is 0 Å². The Morgan fingerprint density at radius 2 is 1.76 bits per heavy atom. The molecule has 3 rings (SSSR count). The summed E-state index contributed by atoms with van der Waals surface area (Å²) in [7, 11) is -1.67. The van der Waals surface area contributed by atoms with E-state index in [-0.39, 0.29) is 16.7 Å². The van der Waals surface area contributed by atoms with Crippen LogP contribution >= 0.6 is 22.5 Å². The van der Waals surface area contributed by atoms with Crippen molar-refractivity contribution >= 4 is 22.5 Å². The van der Waals surface area contributed by atoms with Gasteiger partial charge in [0.15, 0.2) is 0 Å². The molecule has 0 aliphatic carbocycles. The van der Waals surface area contributed by atoms with Crippen molar-refractivity contribution in [2.24, 2.45) is 0 Å². The van der Waals surface area contributed by atoms with Crippen molar-refractivity contribution in [3.05, 3.63) is 59.1 Å². The Kier molecular flexibility index (Phi) is 4.59. The molecule has 9 heteroatoms. The third kappa shape index (κ3) is 3.87. The normalized spacial score (nSPS) is 12.3. The van der Waals surface area contributed by atoms with Gasteiger partial charge in [-0.25, -0.2) is 0 Å². The summed E-state index contributed by atoms with van der Waals surface area (Å²) in [4.78, 5) is 0.344. The first kappa shape index (κ1) is 17.5. The summed E-state index contributed by atoms with van der Waals surface area (Å²) in [5, 5.41) is 9.08. The second-order valence-electron chi connectivity index (χ2n) is 4.98. The van der Waals surface area contributed by atoms with Crippen LogP contribution in [0.3, 0.4) is 0 Å². The zero-order valence-electron chi connectivity index (χ0n) is 12.2. The number of hydrogen-bond acceptors (Lipinski definition) is 4. The molecule has 25 heavy (non-hydrogen) atoms. The van der Waals surface area contributed by atoms with Crippen LogP contribution in [0.2, 0.25) is 5.02 Å². The summed E-state index contributed by atoms with van der Waals surface area (Å²) in [5.41, 5.74) is -0.298. The Balaban J connectivity index is 1.81. The zero-order valence-corrected chi connectivity index (χ0v) is 13.8. The minimum absolute atomic E-state index is 0.0760. The number of aromatic hydroxyl groups is 1. The summed E-state index contributed by atoms with van der Waals surface area (Å²) in [6.07, 6.45) is -4.48. The molecule has 0 radical (unpaired) electrons. The molecule has 0 fully saturated rings. The monoisotopic (exact) mass is 387 g/mol. The van der Waals surface area contributed by atoms with Gasteiger partial charge in [0, 0.05) is 9.94 Å². The molecular weight excluding hydrogens is 379 g/mol. The lowest BCUT2D eigenvalue weighted by molar-refractivity contribution is -0.137. The average molecular weight is 388 g/mol. The number of ether oxygens (including phenoxy) is 1. The van der Waals surface area contributed by atoms with Crippen LogP contribution in [0.4, 0.5) is 13.2 Å². The second kappa shape index (κ2) is 6.55. The molecule has 1 heterocycles. The van der Waals surface area contributed by atoms with Crippen LogP contribution in [0.25, 0.3) is 10.4 Å². The average Bonchev–Trinajstić information content (AvgIpc) is 2.87. The van der Waals surface area contributed by atoms with Crippen LogP contribution < -0.4 is 4.74 Å². The van der Waals surface area contributed by atoms with E-state index in [0.717, 1.165) is 18.2 Å². The molecule has 4 nitrogen and oxygen atoms in total. The van der Waals surface area contributed by atoms with E-state index in [0.29, 0.717) is 16.2 Å². The Bertz CT molecular complexity index is 910. The largest absolute Gasteiger partial charge is 0.568 e. The van der Waals surface area contributed by atoms with Gasteiger partial charge >= 0.3 is 6.18 Å². The highest BCUT2D eigenvalue weighted by Crippen LogP contribution is 2.38. The number of alkyl halides is 3. The highest BCUT2D eigenvalue weighted by molar-refractivity contribution is 7.23. The lowest BCUT2D eigenvalue weighted by Gasteiger charge is -2.11. The highest BCUT2D eigenvalue weighted by Gasteiger charge is 2.31. The number of hydrogen-bond donors (Lipinski definition) is 1. The molecule has 0 spiro atoms. The van der Waals surface area contributed by atoms with E-state index in [1.165, 1.54) is 18.2 Å². The summed E-state index contributed by atoms with van der Waals surface area (Å²) in [6.45, 7) is 0. The SMILES string of the molecule is [O-][s+]1nc(O)cc1-c1ccc(Oc2ccc(C(F)(F)F)cc2Cl)cc1. The summed E-state index contributed by atoms with van der Waals surface area (Å²) >= 11 is 5.84. The first-order valence-corrected chi connectivity index (χ1v) is 8.29. The van der Waals surface area contributed by atoms with Crippen molar-refractivity contribution in [3.8, 4) is 27.8 Å². The van der Waals surface area contributed by atoms with Crippen molar-refractivity contribution < 1.29 is 27.6 Å². The lowest BCUT2D eigenvalue weighted by Crippen LogP contribution is -2.04. The van der Waals surface area contributed by atoms with Gasteiger partial charge in [0.25, 0.3) is 5.88 Å². The topological polar surface area (TPSA) is 65.4 Å². The predicted molar refractivity (Wildman–Crippen MR) is 86.5 cm³/mol. The Hall–Kier alpha value is -2.29. The predicted octanol–water partition coefficient (Wildman–Crippen LogP) is 5.65. The Morgan fingerprint density at radius 3 is 2.28 bits per heavy atom. The van der Waals surface area contributed by atoms with E-state index < -0.39 is 22.7 Å². The minimum atomic E-state index is -4.48. The zero-order chi connectivity index (χ0) is 18.2. The fraction of sp³-hybridized carbons (Fsp3) is 0.0625. The number of aromatic nitrogens is 1. The van der Waals surface area contributed by atoms with Crippen molar-refractivity contribution in [2.75, 3.05) is 0 Å². The molecule has 2 aromatic carbocycles. The van der Waals surface area contributed by atoms with Crippen LogP contribution in [0.15, 0.2) is 48.5 Å². The lowest BCUT2D eigenvalue weighted by atomic mass is 10.2. The minimum Gasteiger partial charge on any atom is -0.568 e. The molecule has 0 bridgehead atoms. The molecule has 0 saturated carbocycles. The molecule has 3 aromatic rings. The third-order valence-electron chi connectivity index (χ3n) is 3.25. The van der Waals surface area contributed by atoms with Gasteiger partial charge in [-0.05, 0) is 42.5 Å². The number of benzene rings is 2. The molecule has 1 unspecified atom stereocenters. The molecule has 130 valence electrons. The van der Waals surface area contributed by atoms with Crippen LogP contribution in [-0.2, 0) is 6.18 Å². The van der Waals surface area contributed by atoms with Crippen molar-refractivity contribution in [1.29, 1.82) is 0 Å². The molecule has 1 N–H and O–H groups in total. The molecule has 0 amide bonds. The fourth-order valence-corrected chi connectivity index (χ4v) is 3.17.